The predicted octanol–water partition coefficient (Wildman–Crippen LogP) is 3.72. The quantitative estimate of drug-likeness (QED) is 0.699. The Morgan fingerprint density at radius 3 is 2.56 bits per heavy atom. The highest BCUT2D eigenvalue weighted by molar-refractivity contribution is 5.86. The molecule has 1 nitrogen and oxygen atoms in total. The van der Waals surface area contributed by atoms with Crippen LogP contribution in [0.5, 0.6) is 0 Å². The Balaban J connectivity index is 2.44. The molecule has 0 heterocycles. The van der Waals surface area contributed by atoms with Crippen LogP contribution in [0.25, 0.3) is 0 Å². The van der Waals surface area contributed by atoms with E-state index < -0.39 is 0 Å². The SMILES string of the molecule is CC(C)C1C(=O)CCCCc2ccccc21. The minimum absolute atomic E-state index is 0.122. The third-order valence-corrected chi connectivity index (χ3v) is 3.52. The largest absolute Gasteiger partial charge is 0.299 e. The van der Waals surface area contributed by atoms with Crippen molar-refractivity contribution in [2.75, 3.05) is 0 Å². The summed E-state index contributed by atoms with van der Waals surface area (Å²) in [6.45, 7) is 4.31. The van der Waals surface area contributed by atoms with Crippen LogP contribution in [0.4, 0.5) is 0 Å². The topological polar surface area (TPSA) is 17.1 Å². The van der Waals surface area contributed by atoms with E-state index in [0.29, 0.717) is 11.7 Å². The van der Waals surface area contributed by atoms with Gasteiger partial charge < -0.3 is 0 Å². The van der Waals surface area contributed by atoms with Gasteiger partial charge in [-0.1, -0.05) is 38.1 Å². The van der Waals surface area contributed by atoms with Crippen LogP contribution in [0.2, 0.25) is 0 Å². The zero-order valence-electron chi connectivity index (χ0n) is 10.2. The van der Waals surface area contributed by atoms with Gasteiger partial charge in [0.1, 0.15) is 5.78 Å². The van der Waals surface area contributed by atoms with Crippen molar-refractivity contribution < 1.29 is 4.79 Å². The molecule has 1 atom stereocenters. The van der Waals surface area contributed by atoms with Crippen molar-refractivity contribution in [3.63, 3.8) is 0 Å². The lowest BCUT2D eigenvalue weighted by atomic mass is 9.78. The van der Waals surface area contributed by atoms with Gasteiger partial charge in [0.2, 0.25) is 0 Å². The summed E-state index contributed by atoms with van der Waals surface area (Å²) in [6, 6.07) is 8.47. The van der Waals surface area contributed by atoms with Crippen molar-refractivity contribution in [2.45, 2.75) is 45.4 Å². The van der Waals surface area contributed by atoms with E-state index in [4.69, 9.17) is 0 Å². The molecule has 0 saturated carbocycles. The minimum Gasteiger partial charge on any atom is -0.299 e. The van der Waals surface area contributed by atoms with Crippen LogP contribution in [0.15, 0.2) is 24.3 Å². The number of hydrogen-bond donors (Lipinski definition) is 0. The number of benzene rings is 1. The fourth-order valence-electron chi connectivity index (χ4n) is 2.74. The van der Waals surface area contributed by atoms with Gasteiger partial charge in [-0.3, -0.25) is 4.79 Å². The maximum absolute atomic E-state index is 12.2. The molecule has 16 heavy (non-hydrogen) atoms. The number of fused-ring (bicyclic) bond motifs is 1. The van der Waals surface area contributed by atoms with Crippen LogP contribution in [-0.4, -0.2) is 5.78 Å². The summed E-state index contributed by atoms with van der Waals surface area (Å²) in [5.41, 5.74) is 2.66. The van der Waals surface area contributed by atoms with Gasteiger partial charge in [0, 0.05) is 12.3 Å². The van der Waals surface area contributed by atoms with Crippen molar-refractivity contribution in [3.8, 4) is 0 Å². The molecule has 0 amide bonds. The Morgan fingerprint density at radius 1 is 1.12 bits per heavy atom. The molecule has 0 spiro atoms. The molecular formula is C15H20O. The molecule has 1 aromatic rings. The Kier molecular flexibility index (Phi) is 3.42. The van der Waals surface area contributed by atoms with E-state index in [2.05, 4.69) is 38.1 Å². The second kappa shape index (κ2) is 4.82. The third-order valence-electron chi connectivity index (χ3n) is 3.52. The molecule has 1 aliphatic carbocycles. The van der Waals surface area contributed by atoms with Gasteiger partial charge in [0.05, 0.1) is 0 Å². The molecule has 0 saturated heterocycles. The lowest BCUT2D eigenvalue weighted by Gasteiger charge is -2.25. The second-order valence-electron chi connectivity index (χ2n) is 5.09. The first kappa shape index (κ1) is 11.4. The Labute approximate surface area is 97.9 Å². The molecule has 2 rings (SSSR count). The van der Waals surface area contributed by atoms with Crippen LogP contribution in [0, 0.1) is 5.92 Å². The van der Waals surface area contributed by atoms with E-state index >= 15 is 0 Å². The van der Waals surface area contributed by atoms with Gasteiger partial charge in [0.25, 0.3) is 0 Å². The fourth-order valence-corrected chi connectivity index (χ4v) is 2.74. The minimum atomic E-state index is 0.122. The van der Waals surface area contributed by atoms with Crippen molar-refractivity contribution in [3.05, 3.63) is 35.4 Å². The first-order valence-electron chi connectivity index (χ1n) is 6.30. The summed E-state index contributed by atoms with van der Waals surface area (Å²) in [6.07, 6.45) is 4.09. The lowest BCUT2D eigenvalue weighted by Crippen LogP contribution is -2.21. The molecule has 0 bridgehead atoms. The van der Waals surface area contributed by atoms with Gasteiger partial charge in [-0.05, 0) is 36.3 Å². The van der Waals surface area contributed by atoms with Gasteiger partial charge in [-0.15, -0.1) is 0 Å². The van der Waals surface area contributed by atoms with Crippen molar-refractivity contribution in [2.24, 2.45) is 5.92 Å². The van der Waals surface area contributed by atoms with E-state index in [-0.39, 0.29) is 5.92 Å². The highest BCUT2D eigenvalue weighted by Crippen LogP contribution is 2.32. The van der Waals surface area contributed by atoms with E-state index in [1.54, 1.807) is 0 Å². The fraction of sp³-hybridized carbons (Fsp3) is 0.533. The summed E-state index contributed by atoms with van der Waals surface area (Å²) in [5.74, 6) is 0.963. The van der Waals surface area contributed by atoms with Gasteiger partial charge in [-0.25, -0.2) is 0 Å². The summed E-state index contributed by atoms with van der Waals surface area (Å²) < 4.78 is 0. The number of aryl methyl sites for hydroxylation is 1. The first-order valence-corrected chi connectivity index (χ1v) is 6.30. The van der Waals surface area contributed by atoms with Crippen LogP contribution in [0.3, 0.4) is 0 Å². The van der Waals surface area contributed by atoms with Crippen molar-refractivity contribution >= 4 is 5.78 Å². The van der Waals surface area contributed by atoms with Gasteiger partial charge in [-0.2, -0.15) is 0 Å². The van der Waals surface area contributed by atoms with E-state index in [1.165, 1.54) is 11.1 Å². The highest BCUT2D eigenvalue weighted by Gasteiger charge is 2.26. The molecular weight excluding hydrogens is 196 g/mol. The summed E-state index contributed by atoms with van der Waals surface area (Å²) in [4.78, 5) is 12.2. The first-order chi connectivity index (χ1) is 7.70. The van der Waals surface area contributed by atoms with Crippen molar-refractivity contribution in [1.82, 2.24) is 0 Å². The van der Waals surface area contributed by atoms with Crippen LogP contribution in [0.1, 0.15) is 50.2 Å². The molecule has 0 aromatic heterocycles. The highest BCUT2D eigenvalue weighted by atomic mass is 16.1. The van der Waals surface area contributed by atoms with Crippen LogP contribution in [-0.2, 0) is 11.2 Å². The number of carbonyl (C=O) groups is 1. The molecule has 1 aliphatic rings. The Hall–Kier alpha value is -1.11. The van der Waals surface area contributed by atoms with Gasteiger partial charge >= 0.3 is 0 Å². The number of carbonyl (C=O) groups excluding carboxylic acids is 1. The molecule has 0 fully saturated rings. The molecule has 0 aliphatic heterocycles. The zero-order chi connectivity index (χ0) is 11.5. The molecule has 1 unspecified atom stereocenters. The lowest BCUT2D eigenvalue weighted by molar-refractivity contribution is -0.121. The van der Waals surface area contributed by atoms with Crippen LogP contribution >= 0.6 is 0 Å². The maximum atomic E-state index is 12.2. The summed E-state index contributed by atoms with van der Waals surface area (Å²) >= 11 is 0. The third kappa shape index (κ3) is 2.18. The van der Waals surface area contributed by atoms with E-state index in [1.807, 2.05) is 0 Å². The Bertz CT molecular complexity index is 379. The zero-order valence-corrected chi connectivity index (χ0v) is 10.2. The average Bonchev–Trinajstić information content (AvgIpc) is 2.23. The standard InChI is InChI=1S/C15H20O/c1-11(2)15-13-9-5-3-7-12(13)8-4-6-10-14(15)16/h3,5,7,9,11,15H,4,6,8,10H2,1-2H3. The summed E-state index contributed by atoms with van der Waals surface area (Å²) in [7, 11) is 0. The maximum Gasteiger partial charge on any atom is 0.140 e. The molecule has 0 N–H and O–H groups in total. The molecule has 1 aromatic carbocycles. The average molecular weight is 216 g/mol. The van der Waals surface area contributed by atoms with E-state index in [9.17, 15) is 4.79 Å². The van der Waals surface area contributed by atoms with Gasteiger partial charge in [0.15, 0.2) is 0 Å². The second-order valence-corrected chi connectivity index (χ2v) is 5.09. The monoisotopic (exact) mass is 216 g/mol. The number of rotatable bonds is 1. The predicted molar refractivity (Wildman–Crippen MR) is 66.6 cm³/mol. The number of ketones is 1. The van der Waals surface area contributed by atoms with E-state index in [0.717, 1.165) is 25.7 Å². The Morgan fingerprint density at radius 2 is 1.81 bits per heavy atom. The number of Topliss-reactive ketones (excluding diaryl/α,β-unsaturated/α-hetero) is 1. The smallest absolute Gasteiger partial charge is 0.140 e. The molecule has 1 heteroatoms. The van der Waals surface area contributed by atoms with Crippen molar-refractivity contribution in [1.29, 1.82) is 0 Å². The number of hydrogen-bond acceptors (Lipinski definition) is 1. The molecule has 0 radical (unpaired) electrons. The molecule has 86 valence electrons. The van der Waals surface area contributed by atoms with Crippen LogP contribution < -0.4 is 0 Å². The summed E-state index contributed by atoms with van der Waals surface area (Å²) in [5, 5.41) is 0. The normalized spacial score (nSPS) is 21.4.